The molecule has 17 heavy (non-hydrogen) atoms. The number of benzene rings is 1. The summed E-state index contributed by atoms with van der Waals surface area (Å²) in [5.41, 5.74) is 0.814. The molecule has 1 rings (SSSR count). The first-order valence-corrected chi connectivity index (χ1v) is 6.63. The van der Waals surface area contributed by atoms with Crippen LogP contribution in [0.4, 0.5) is 0 Å². The van der Waals surface area contributed by atoms with Crippen molar-refractivity contribution >= 4 is 40.6 Å². The van der Waals surface area contributed by atoms with Gasteiger partial charge in [0.2, 0.25) is 0 Å². The third kappa shape index (κ3) is 4.06. The molecule has 0 aromatic heterocycles. The van der Waals surface area contributed by atoms with Crippen LogP contribution in [0.1, 0.15) is 19.4 Å². The number of likely N-dealkylation sites (N-methyl/N-ethyl adjacent to an activating group) is 1. The van der Waals surface area contributed by atoms with E-state index in [1.807, 2.05) is 13.8 Å². The van der Waals surface area contributed by atoms with E-state index in [0.717, 1.165) is 24.5 Å². The molecule has 0 aliphatic carbocycles. The molecule has 0 aliphatic heterocycles. The smallest absolute Gasteiger partial charge is 0.101 e. The van der Waals surface area contributed by atoms with E-state index < -0.39 is 0 Å². The number of amidine groups is 1. The van der Waals surface area contributed by atoms with Crippen LogP contribution in [0, 0.1) is 0 Å². The highest BCUT2D eigenvalue weighted by molar-refractivity contribution is 6.44. The average Bonchev–Trinajstić information content (AvgIpc) is 2.30. The number of aliphatic imine (C=N–C) groups is 1. The summed E-state index contributed by atoms with van der Waals surface area (Å²) in [6.45, 7) is 5.54. The Kier molecular flexibility index (Phi) is 6.10. The first-order valence-electron chi connectivity index (χ1n) is 5.49. The molecule has 1 aromatic rings. The van der Waals surface area contributed by atoms with Gasteiger partial charge in [-0.2, -0.15) is 0 Å². The van der Waals surface area contributed by atoms with Crippen LogP contribution in [-0.2, 0) is 6.42 Å². The maximum Gasteiger partial charge on any atom is 0.101 e. The molecule has 5 heteroatoms. The molecule has 0 amide bonds. The van der Waals surface area contributed by atoms with E-state index in [9.17, 15) is 0 Å². The lowest BCUT2D eigenvalue weighted by Crippen LogP contribution is -2.25. The molecular weight excluding hydrogens is 279 g/mol. The average molecular weight is 294 g/mol. The summed E-state index contributed by atoms with van der Waals surface area (Å²) in [6, 6.07) is 3.44. The minimum atomic E-state index is 0.501. The topological polar surface area (TPSA) is 24.4 Å². The Balaban J connectivity index is 3.00. The van der Waals surface area contributed by atoms with E-state index in [0.29, 0.717) is 21.5 Å². The van der Waals surface area contributed by atoms with Gasteiger partial charge in [-0.3, -0.25) is 4.99 Å². The molecule has 0 saturated heterocycles. The van der Waals surface area contributed by atoms with Gasteiger partial charge in [0.1, 0.15) is 5.84 Å². The van der Waals surface area contributed by atoms with Gasteiger partial charge < -0.3 is 5.32 Å². The summed E-state index contributed by atoms with van der Waals surface area (Å²) in [5.74, 6) is 0.876. The Morgan fingerprint density at radius 2 is 1.82 bits per heavy atom. The van der Waals surface area contributed by atoms with Crippen molar-refractivity contribution in [2.24, 2.45) is 4.99 Å². The molecule has 1 N–H and O–H groups in total. The lowest BCUT2D eigenvalue weighted by atomic mass is 10.1. The second-order valence-electron chi connectivity index (χ2n) is 3.45. The van der Waals surface area contributed by atoms with Gasteiger partial charge in [0.05, 0.1) is 10.0 Å². The predicted molar refractivity (Wildman–Crippen MR) is 76.8 cm³/mol. The van der Waals surface area contributed by atoms with E-state index >= 15 is 0 Å². The van der Waals surface area contributed by atoms with Crippen molar-refractivity contribution in [3.8, 4) is 0 Å². The van der Waals surface area contributed by atoms with Gasteiger partial charge in [0, 0.05) is 24.5 Å². The van der Waals surface area contributed by atoms with Gasteiger partial charge in [-0.25, -0.2) is 0 Å². The normalized spacial score (nSPS) is 11.7. The third-order valence-corrected chi connectivity index (χ3v) is 3.41. The highest BCUT2D eigenvalue weighted by Crippen LogP contribution is 2.31. The van der Waals surface area contributed by atoms with Gasteiger partial charge in [0.25, 0.3) is 0 Å². The van der Waals surface area contributed by atoms with Gasteiger partial charge in [-0.1, -0.05) is 34.8 Å². The Morgan fingerprint density at radius 3 is 2.41 bits per heavy atom. The Morgan fingerprint density at radius 1 is 1.18 bits per heavy atom. The first kappa shape index (κ1) is 14.6. The molecule has 2 nitrogen and oxygen atoms in total. The zero-order chi connectivity index (χ0) is 12.8. The molecule has 0 aliphatic rings. The molecule has 0 spiro atoms. The predicted octanol–water partition coefficient (Wildman–Crippen LogP) is 4.22. The fourth-order valence-electron chi connectivity index (χ4n) is 1.47. The zero-order valence-electron chi connectivity index (χ0n) is 9.86. The fraction of sp³-hybridized carbons (Fsp3) is 0.417. The molecule has 0 radical (unpaired) electrons. The number of halogens is 3. The van der Waals surface area contributed by atoms with Gasteiger partial charge in [0.15, 0.2) is 0 Å². The van der Waals surface area contributed by atoms with Crippen LogP contribution in [0.5, 0.6) is 0 Å². The van der Waals surface area contributed by atoms with E-state index in [4.69, 9.17) is 34.8 Å². The van der Waals surface area contributed by atoms with Gasteiger partial charge >= 0.3 is 0 Å². The van der Waals surface area contributed by atoms with Crippen molar-refractivity contribution < 1.29 is 0 Å². The number of nitrogens with zero attached hydrogens (tertiary/aromatic N) is 1. The molecule has 0 unspecified atom stereocenters. The molecule has 0 heterocycles. The second-order valence-corrected chi connectivity index (χ2v) is 4.64. The SMILES string of the molecule is CCN=C(Cc1c(Cl)ccc(Cl)c1Cl)NCC. The van der Waals surface area contributed by atoms with Gasteiger partial charge in [-0.15, -0.1) is 0 Å². The molecule has 94 valence electrons. The number of hydrogen-bond acceptors (Lipinski definition) is 1. The Bertz CT molecular complexity index is 416. The lowest BCUT2D eigenvalue weighted by molar-refractivity contribution is 0.922. The van der Waals surface area contributed by atoms with Crippen molar-refractivity contribution in [1.29, 1.82) is 0 Å². The van der Waals surface area contributed by atoms with Crippen molar-refractivity contribution in [3.05, 3.63) is 32.8 Å². The van der Waals surface area contributed by atoms with Crippen LogP contribution in [-0.4, -0.2) is 18.9 Å². The van der Waals surface area contributed by atoms with E-state index in [-0.39, 0.29) is 0 Å². The highest BCUT2D eigenvalue weighted by Gasteiger charge is 2.11. The molecule has 0 saturated carbocycles. The number of rotatable bonds is 4. The van der Waals surface area contributed by atoms with Crippen LogP contribution < -0.4 is 5.32 Å². The monoisotopic (exact) mass is 292 g/mol. The summed E-state index contributed by atoms with van der Waals surface area (Å²) in [4.78, 5) is 4.37. The van der Waals surface area contributed by atoms with Gasteiger partial charge in [-0.05, 0) is 31.5 Å². The van der Waals surface area contributed by atoms with Crippen molar-refractivity contribution in [2.75, 3.05) is 13.1 Å². The Hall–Kier alpha value is -0.440. The third-order valence-electron chi connectivity index (χ3n) is 2.21. The van der Waals surface area contributed by atoms with Crippen LogP contribution in [0.3, 0.4) is 0 Å². The van der Waals surface area contributed by atoms with Crippen LogP contribution in [0.2, 0.25) is 15.1 Å². The van der Waals surface area contributed by atoms with Crippen molar-refractivity contribution in [1.82, 2.24) is 5.32 Å². The summed E-state index contributed by atoms with van der Waals surface area (Å²) in [7, 11) is 0. The molecule has 1 aromatic carbocycles. The number of hydrogen-bond donors (Lipinski definition) is 1. The van der Waals surface area contributed by atoms with E-state index in [1.54, 1.807) is 12.1 Å². The second kappa shape index (κ2) is 7.10. The van der Waals surface area contributed by atoms with E-state index in [1.165, 1.54) is 0 Å². The molecule has 0 fully saturated rings. The number of nitrogens with one attached hydrogen (secondary N) is 1. The van der Waals surface area contributed by atoms with Crippen LogP contribution in [0.15, 0.2) is 17.1 Å². The summed E-state index contributed by atoms with van der Waals surface area (Å²) < 4.78 is 0. The van der Waals surface area contributed by atoms with Crippen LogP contribution in [0.25, 0.3) is 0 Å². The van der Waals surface area contributed by atoms with Crippen molar-refractivity contribution in [2.45, 2.75) is 20.3 Å². The quantitative estimate of drug-likeness (QED) is 0.502. The Labute approximate surface area is 117 Å². The lowest BCUT2D eigenvalue weighted by Gasteiger charge is -2.11. The fourth-order valence-corrected chi connectivity index (χ4v) is 2.15. The largest absolute Gasteiger partial charge is 0.374 e. The summed E-state index contributed by atoms with van der Waals surface area (Å²) in [6.07, 6.45) is 0.569. The molecule has 0 bridgehead atoms. The van der Waals surface area contributed by atoms with E-state index in [2.05, 4.69) is 10.3 Å². The molecular formula is C12H15Cl3N2. The zero-order valence-corrected chi connectivity index (χ0v) is 12.1. The maximum atomic E-state index is 6.14. The summed E-state index contributed by atoms with van der Waals surface area (Å²) in [5, 5.41) is 4.82. The molecule has 0 atom stereocenters. The standard InChI is InChI=1S/C12H15Cl3N2/c1-3-16-11(17-4-2)7-8-9(13)5-6-10(14)12(8)15/h5-6H,3-4,7H2,1-2H3,(H,16,17). The first-order chi connectivity index (χ1) is 8.10. The van der Waals surface area contributed by atoms with Crippen molar-refractivity contribution in [3.63, 3.8) is 0 Å². The summed E-state index contributed by atoms with van der Waals surface area (Å²) >= 11 is 18.2. The highest BCUT2D eigenvalue weighted by atomic mass is 35.5. The maximum absolute atomic E-state index is 6.14. The minimum absolute atomic E-state index is 0.501. The van der Waals surface area contributed by atoms with Crippen LogP contribution >= 0.6 is 34.8 Å². The minimum Gasteiger partial charge on any atom is -0.374 e.